The van der Waals surface area contributed by atoms with Crippen molar-refractivity contribution < 1.29 is 4.79 Å². The lowest BCUT2D eigenvalue weighted by Crippen LogP contribution is -2.56. The molecule has 0 unspecified atom stereocenters. The van der Waals surface area contributed by atoms with E-state index in [-0.39, 0.29) is 5.92 Å². The Balaban J connectivity index is 1.20. The Hall–Kier alpha value is -3.00. The van der Waals surface area contributed by atoms with Crippen LogP contribution in [-0.4, -0.2) is 82.0 Å². The third-order valence-electron chi connectivity index (χ3n) is 8.37. The van der Waals surface area contributed by atoms with Crippen molar-refractivity contribution in [2.45, 2.75) is 40.0 Å². The SMILES string of the molecule is Cc1ccc(-n2nc3c(N4CCC(C(=O)N5CCC6(CN(C)C6)C5)CC4)nnc(C)c3c2C)cc1. The summed E-state index contributed by atoms with van der Waals surface area (Å²) in [5.41, 5.74) is 5.50. The summed E-state index contributed by atoms with van der Waals surface area (Å²) in [5.74, 6) is 1.30. The number of rotatable bonds is 3. The van der Waals surface area contributed by atoms with Crippen LogP contribution in [0.25, 0.3) is 16.6 Å². The molecule has 1 aromatic carbocycles. The zero-order chi connectivity index (χ0) is 24.3. The van der Waals surface area contributed by atoms with Crippen LogP contribution in [0, 0.1) is 32.1 Å². The lowest BCUT2D eigenvalue weighted by molar-refractivity contribution is -0.136. The van der Waals surface area contributed by atoms with Crippen molar-refractivity contribution in [2.75, 3.05) is 51.2 Å². The van der Waals surface area contributed by atoms with Gasteiger partial charge in [-0.05, 0) is 59.2 Å². The van der Waals surface area contributed by atoms with Gasteiger partial charge in [0.25, 0.3) is 0 Å². The number of hydrogen-bond acceptors (Lipinski definition) is 6. The van der Waals surface area contributed by atoms with Gasteiger partial charge in [0, 0.05) is 50.6 Å². The van der Waals surface area contributed by atoms with Gasteiger partial charge in [0.05, 0.1) is 22.5 Å². The van der Waals surface area contributed by atoms with Gasteiger partial charge in [-0.3, -0.25) is 4.79 Å². The van der Waals surface area contributed by atoms with Crippen LogP contribution in [0.1, 0.15) is 36.2 Å². The molecule has 3 fully saturated rings. The van der Waals surface area contributed by atoms with Crippen molar-refractivity contribution in [3.05, 3.63) is 41.2 Å². The van der Waals surface area contributed by atoms with E-state index in [0.29, 0.717) is 11.3 Å². The molecule has 3 saturated heterocycles. The van der Waals surface area contributed by atoms with Crippen LogP contribution in [0.2, 0.25) is 0 Å². The zero-order valence-corrected chi connectivity index (χ0v) is 21.3. The second-order valence-electron chi connectivity index (χ2n) is 11.1. The number of nitrogens with zero attached hydrogens (tertiary/aromatic N) is 7. The minimum atomic E-state index is 0.111. The van der Waals surface area contributed by atoms with Crippen molar-refractivity contribution in [1.82, 2.24) is 29.8 Å². The summed E-state index contributed by atoms with van der Waals surface area (Å²) in [6.45, 7) is 11.9. The molecule has 8 nitrogen and oxygen atoms in total. The van der Waals surface area contributed by atoms with Crippen LogP contribution >= 0.6 is 0 Å². The summed E-state index contributed by atoms with van der Waals surface area (Å²) in [6, 6.07) is 8.42. The number of fused-ring (bicyclic) bond motifs is 1. The fourth-order valence-corrected chi connectivity index (χ4v) is 6.54. The van der Waals surface area contributed by atoms with Crippen LogP contribution in [-0.2, 0) is 4.79 Å². The molecule has 0 saturated carbocycles. The minimum Gasteiger partial charge on any atom is -0.353 e. The van der Waals surface area contributed by atoms with E-state index < -0.39 is 0 Å². The Morgan fingerprint density at radius 3 is 2.37 bits per heavy atom. The number of benzene rings is 1. The first-order valence-corrected chi connectivity index (χ1v) is 12.9. The van der Waals surface area contributed by atoms with Gasteiger partial charge < -0.3 is 14.7 Å². The number of carbonyl (C=O) groups is 1. The Morgan fingerprint density at radius 2 is 1.69 bits per heavy atom. The van der Waals surface area contributed by atoms with Crippen LogP contribution in [0.5, 0.6) is 0 Å². The molecule has 5 heterocycles. The van der Waals surface area contributed by atoms with E-state index in [9.17, 15) is 4.79 Å². The topological polar surface area (TPSA) is 70.4 Å². The van der Waals surface area contributed by atoms with E-state index in [1.165, 1.54) is 5.56 Å². The largest absolute Gasteiger partial charge is 0.353 e. The molecular formula is C27H35N7O. The highest BCUT2D eigenvalue weighted by Crippen LogP contribution is 2.40. The first-order chi connectivity index (χ1) is 16.8. The quantitative estimate of drug-likeness (QED) is 0.582. The molecule has 0 N–H and O–H groups in total. The summed E-state index contributed by atoms with van der Waals surface area (Å²) in [6.07, 6.45) is 2.87. The van der Waals surface area contributed by atoms with E-state index in [1.54, 1.807) is 0 Å². The molecule has 35 heavy (non-hydrogen) atoms. The smallest absolute Gasteiger partial charge is 0.225 e. The number of amides is 1. The first-order valence-electron chi connectivity index (χ1n) is 12.9. The van der Waals surface area contributed by atoms with Crippen LogP contribution in [0.15, 0.2) is 24.3 Å². The molecule has 1 amide bonds. The van der Waals surface area contributed by atoms with E-state index in [4.69, 9.17) is 5.10 Å². The molecule has 3 aliphatic heterocycles. The van der Waals surface area contributed by atoms with Gasteiger partial charge in [-0.2, -0.15) is 10.2 Å². The minimum absolute atomic E-state index is 0.111. The van der Waals surface area contributed by atoms with Crippen molar-refractivity contribution in [2.24, 2.45) is 11.3 Å². The molecule has 0 atom stereocenters. The van der Waals surface area contributed by atoms with Gasteiger partial charge in [-0.15, -0.1) is 5.10 Å². The molecule has 1 spiro atoms. The molecule has 6 rings (SSSR count). The number of hydrogen-bond donors (Lipinski definition) is 0. The predicted octanol–water partition coefficient (Wildman–Crippen LogP) is 3.12. The molecule has 0 bridgehead atoms. The summed E-state index contributed by atoms with van der Waals surface area (Å²) < 4.78 is 2.00. The normalized spacial score (nSPS) is 20.7. The van der Waals surface area contributed by atoms with Gasteiger partial charge in [0.2, 0.25) is 5.91 Å². The maximum absolute atomic E-state index is 13.3. The maximum Gasteiger partial charge on any atom is 0.225 e. The third kappa shape index (κ3) is 3.78. The number of carbonyl (C=O) groups excluding carboxylic acids is 1. The lowest BCUT2D eigenvalue weighted by atomic mass is 9.79. The maximum atomic E-state index is 13.3. The van der Waals surface area contributed by atoms with Crippen LogP contribution in [0.4, 0.5) is 5.82 Å². The number of aryl methyl sites for hydroxylation is 3. The van der Waals surface area contributed by atoms with Gasteiger partial charge in [0.1, 0.15) is 5.52 Å². The average molecular weight is 474 g/mol. The summed E-state index contributed by atoms with van der Waals surface area (Å²) >= 11 is 0. The molecule has 3 aliphatic rings. The third-order valence-corrected chi connectivity index (χ3v) is 8.37. The highest BCUT2D eigenvalue weighted by Gasteiger charge is 2.48. The first kappa shape index (κ1) is 22.5. The fourth-order valence-electron chi connectivity index (χ4n) is 6.54. The monoisotopic (exact) mass is 473 g/mol. The summed E-state index contributed by atoms with van der Waals surface area (Å²) in [4.78, 5) is 20.1. The Bertz CT molecular complexity index is 1270. The van der Waals surface area contributed by atoms with E-state index in [2.05, 4.69) is 70.1 Å². The number of anilines is 1. The van der Waals surface area contributed by atoms with E-state index in [1.807, 2.05) is 11.6 Å². The van der Waals surface area contributed by atoms with Gasteiger partial charge >= 0.3 is 0 Å². The van der Waals surface area contributed by atoms with Crippen molar-refractivity contribution in [3.8, 4) is 5.69 Å². The summed E-state index contributed by atoms with van der Waals surface area (Å²) in [7, 11) is 2.17. The average Bonchev–Trinajstić information content (AvgIpc) is 3.42. The lowest BCUT2D eigenvalue weighted by Gasteiger charge is -2.46. The van der Waals surface area contributed by atoms with Gasteiger partial charge in [0.15, 0.2) is 5.82 Å². The zero-order valence-electron chi connectivity index (χ0n) is 21.3. The predicted molar refractivity (Wildman–Crippen MR) is 137 cm³/mol. The second-order valence-corrected chi connectivity index (χ2v) is 11.1. The fraction of sp³-hybridized carbons (Fsp3) is 0.556. The molecule has 184 valence electrons. The number of piperidine rings is 1. The van der Waals surface area contributed by atoms with Crippen molar-refractivity contribution >= 4 is 22.6 Å². The molecule has 8 heteroatoms. The van der Waals surface area contributed by atoms with Gasteiger partial charge in [-0.25, -0.2) is 4.68 Å². The molecule has 2 aromatic heterocycles. The highest BCUT2D eigenvalue weighted by atomic mass is 16.2. The van der Waals surface area contributed by atoms with Crippen molar-refractivity contribution in [1.29, 1.82) is 0 Å². The van der Waals surface area contributed by atoms with Crippen molar-refractivity contribution in [3.63, 3.8) is 0 Å². The Morgan fingerprint density at radius 1 is 0.971 bits per heavy atom. The van der Waals surface area contributed by atoms with E-state index in [0.717, 1.165) is 92.3 Å². The Labute approximate surface area is 206 Å². The number of likely N-dealkylation sites (tertiary alicyclic amines) is 2. The van der Waals surface area contributed by atoms with Gasteiger partial charge in [-0.1, -0.05) is 17.7 Å². The number of aromatic nitrogens is 4. The molecule has 0 radical (unpaired) electrons. The summed E-state index contributed by atoms with van der Waals surface area (Å²) in [5, 5.41) is 15.1. The van der Waals surface area contributed by atoms with E-state index >= 15 is 0 Å². The second kappa shape index (κ2) is 8.29. The molecule has 0 aliphatic carbocycles. The Kier molecular flexibility index (Phi) is 5.32. The van der Waals surface area contributed by atoms with Crippen LogP contribution in [0.3, 0.4) is 0 Å². The van der Waals surface area contributed by atoms with Crippen LogP contribution < -0.4 is 4.90 Å². The highest BCUT2D eigenvalue weighted by molar-refractivity contribution is 5.92. The standard InChI is InChI=1S/C27H35N7O/c1-18-5-7-22(8-6-18)34-20(3)23-19(2)28-29-25(24(23)30-34)32-12-9-21(10-13-32)26(35)33-14-11-27(17-33)15-31(4)16-27/h5-8,21H,9-17H2,1-4H3. The molecular weight excluding hydrogens is 438 g/mol. The molecule has 3 aromatic rings.